The Kier molecular flexibility index (Phi) is 8.07. The third-order valence-corrected chi connectivity index (χ3v) is 8.09. The van der Waals surface area contributed by atoms with Crippen LogP contribution in [0.4, 0.5) is 14.5 Å². The smallest absolute Gasteiger partial charge is 0.255 e. The van der Waals surface area contributed by atoms with Gasteiger partial charge in [0.1, 0.15) is 23.0 Å². The largest absolute Gasteiger partial charge is 0.455 e. The first-order chi connectivity index (χ1) is 19.3. The summed E-state index contributed by atoms with van der Waals surface area (Å²) in [6.45, 7) is 1.15. The van der Waals surface area contributed by atoms with E-state index in [0.29, 0.717) is 46.6 Å². The Morgan fingerprint density at radius 1 is 1.15 bits per heavy atom. The van der Waals surface area contributed by atoms with Crippen molar-refractivity contribution in [1.82, 2.24) is 15.2 Å². The van der Waals surface area contributed by atoms with Crippen molar-refractivity contribution >= 4 is 40.4 Å². The number of aromatic nitrogens is 1. The molecule has 1 unspecified atom stereocenters. The van der Waals surface area contributed by atoms with Crippen LogP contribution in [0.25, 0.3) is 22.3 Å². The number of hydrogen-bond acceptors (Lipinski definition) is 6. The molecule has 2 amide bonds. The first-order valence-corrected chi connectivity index (χ1v) is 14.2. The quantitative estimate of drug-likeness (QED) is 0.286. The van der Waals surface area contributed by atoms with E-state index in [0.717, 1.165) is 30.3 Å². The van der Waals surface area contributed by atoms with Crippen LogP contribution in [0.2, 0.25) is 0 Å². The van der Waals surface area contributed by atoms with E-state index in [4.69, 9.17) is 4.42 Å². The molecule has 0 bridgehead atoms. The van der Waals surface area contributed by atoms with Crippen LogP contribution in [-0.2, 0) is 11.2 Å². The first kappa shape index (κ1) is 27.6. The normalized spacial score (nSPS) is 15.3. The van der Waals surface area contributed by atoms with Gasteiger partial charge in [-0.3, -0.25) is 14.6 Å². The van der Waals surface area contributed by atoms with Gasteiger partial charge in [-0.2, -0.15) is 0 Å². The fraction of sp³-hybridized carbons (Fsp3) is 0.300. The van der Waals surface area contributed by atoms with Crippen LogP contribution >= 0.6 is 11.9 Å². The van der Waals surface area contributed by atoms with Gasteiger partial charge in [0.05, 0.1) is 23.9 Å². The Morgan fingerprint density at radius 2 is 1.90 bits per heavy atom. The third-order valence-electron chi connectivity index (χ3n) is 7.35. The van der Waals surface area contributed by atoms with Crippen molar-refractivity contribution in [2.45, 2.75) is 25.2 Å². The standard InChI is InChI=1S/C30H30F2N4O3S/c1-33-30(38)28-24-14-23(19-5-4-12-36(17-19)27(37)13-22-11-10-21(32)16-34-22)25(35(2)40-3)15-26(24)39-29(28)18-6-8-20(31)9-7-18/h6-11,14-16,19H,4-5,12-13,17H2,1-3H3,(H,33,38). The van der Waals surface area contributed by atoms with Gasteiger partial charge in [-0.1, -0.05) is 11.9 Å². The Hall–Kier alpha value is -3.92. The number of fused-ring (bicyclic) bond motifs is 1. The second-order valence-corrected chi connectivity index (χ2v) is 10.7. The molecular formula is C30H30F2N4O3S. The Labute approximate surface area is 235 Å². The Balaban J connectivity index is 1.55. The molecule has 4 aromatic rings. The molecule has 1 fully saturated rings. The van der Waals surface area contributed by atoms with Crippen LogP contribution < -0.4 is 9.62 Å². The number of halogens is 2. The molecule has 1 aliphatic heterocycles. The van der Waals surface area contributed by atoms with Crippen LogP contribution in [0.15, 0.2) is 59.1 Å². The van der Waals surface area contributed by atoms with Crippen LogP contribution in [0, 0.1) is 11.6 Å². The highest BCUT2D eigenvalue weighted by Gasteiger charge is 2.30. The lowest BCUT2D eigenvalue weighted by Crippen LogP contribution is -2.40. The second-order valence-electron chi connectivity index (χ2n) is 9.80. The van der Waals surface area contributed by atoms with Crippen LogP contribution in [-0.4, -0.2) is 55.1 Å². The maximum Gasteiger partial charge on any atom is 0.255 e. The number of amides is 2. The summed E-state index contributed by atoms with van der Waals surface area (Å²) >= 11 is 1.55. The number of pyridine rings is 1. The van der Waals surface area contributed by atoms with Crippen LogP contribution in [0.1, 0.15) is 40.4 Å². The highest BCUT2D eigenvalue weighted by atomic mass is 32.2. The van der Waals surface area contributed by atoms with Crippen LogP contribution in [0.3, 0.4) is 0 Å². The van der Waals surface area contributed by atoms with Crippen LogP contribution in [0.5, 0.6) is 0 Å². The maximum atomic E-state index is 13.6. The molecule has 0 saturated carbocycles. The van der Waals surface area contributed by atoms with Gasteiger partial charge in [-0.15, -0.1) is 0 Å². The molecule has 1 saturated heterocycles. The van der Waals surface area contributed by atoms with E-state index in [9.17, 15) is 18.4 Å². The van der Waals surface area contributed by atoms with E-state index in [1.54, 1.807) is 31.1 Å². The molecular weight excluding hydrogens is 534 g/mol. The number of carbonyl (C=O) groups excluding carboxylic acids is 2. The Bertz CT molecular complexity index is 1540. The van der Waals surface area contributed by atoms with Crippen molar-refractivity contribution in [2.24, 2.45) is 0 Å². The molecule has 2 aromatic carbocycles. The monoisotopic (exact) mass is 564 g/mol. The summed E-state index contributed by atoms with van der Waals surface area (Å²) < 4.78 is 35.2. The number of anilines is 1. The number of nitrogens with one attached hydrogen (secondary N) is 1. The van der Waals surface area contributed by atoms with Gasteiger partial charge >= 0.3 is 0 Å². The van der Waals surface area contributed by atoms with Gasteiger partial charge < -0.3 is 18.9 Å². The number of likely N-dealkylation sites (tertiary alicyclic amines) is 1. The second kappa shape index (κ2) is 11.7. The summed E-state index contributed by atoms with van der Waals surface area (Å²) in [6, 6.07) is 12.6. The number of benzene rings is 2. The van der Waals surface area contributed by atoms with Gasteiger partial charge in [0.25, 0.3) is 5.91 Å². The van der Waals surface area contributed by atoms with Crippen molar-refractivity contribution in [2.75, 3.05) is 37.7 Å². The summed E-state index contributed by atoms with van der Waals surface area (Å²) in [4.78, 5) is 32.1. The molecule has 0 radical (unpaired) electrons. The van der Waals surface area contributed by atoms with Gasteiger partial charge in [0.2, 0.25) is 5.91 Å². The molecule has 40 heavy (non-hydrogen) atoms. The lowest BCUT2D eigenvalue weighted by Gasteiger charge is -2.35. The highest BCUT2D eigenvalue weighted by molar-refractivity contribution is 7.99. The molecule has 0 aliphatic carbocycles. The molecule has 7 nitrogen and oxygen atoms in total. The fourth-order valence-corrected chi connectivity index (χ4v) is 5.59. The van der Waals surface area contributed by atoms with Gasteiger partial charge in [-0.05, 0) is 60.9 Å². The van der Waals surface area contributed by atoms with Gasteiger partial charge in [-0.25, -0.2) is 8.78 Å². The van der Waals surface area contributed by atoms with Gasteiger partial charge in [0.15, 0.2) is 0 Å². The average molecular weight is 565 g/mol. The fourth-order valence-electron chi connectivity index (χ4n) is 5.24. The van der Waals surface area contributed by atoms with Gasteiger partial charge in [0, 0.05) is 62.1 Å². The molecule has 3 heterocycles. The number of carbonyl (C=O) groups is 2. The minimum absolute atomic E-state index is 0.0228. The molecule has 1 aliphatic rings. The molecule has 5 rings (SSSR count). The zero-order chi connectivity index (χ0) is 28.4. The molecule has 1 N–H and O–H groups in total. The summed E-state index contributed by atoms with van der Waals surface area (Å²) in [7, 11) is 3.53. The predicted molar refractivity (Wildman–Crippen MR) is 153 cm³/mol. The summed E-state index contributed by atoms with van der Waals surface area (Å²) in [6.07, 6.45) is 4.89. The third kappa shape index (κ3) is 5.54. The van der Waals surface area contributed by atoms with Crippen molar-refractivity contribution in [1.29, 1.82) is 0 Å². The van der Waals surface area contributed by atoms with E-state index in [-0.39, 0.29) is 30.0 Å². The van der Waals surface area contributed by atoms with Crippen molar-refractivity contribution < 1.29 is 22.8 Å². The van der Waals surface area contributed by atoms with Crippen molar-refractivity contribution in [3.8, 4) is 11.3 Å². The van der Waals surface area contributed by atoms with E-state index in [2.05, 4.69) is 10.3 Å². The van der Waals surface area contributed by atoms with E-state index in [1.807, 2.05) is 34.6 Å². The van der Waals surface area contributed by atoms with E-state index < -0.39 is 5.82 Å². The molecule has 2 aromatic heterocycles. The number of hydrogen-bond donors (Lipinski definition) is 1. The van der Waals surface area contributed by atoms with Crippen molar-refractivity contribution in [3.63, 3.8) is 0 Å². The minimum atomic E-state index is -0.437. The SMILES string of the molecule is CNC(=O)c1c(-c2ccc(F)cc2)oc2cc(N(C)SC)c(C3CCCN(C(=O)Cc4ccc(F)cn4)C3)cc12. The lowest BCUT2D eigenvalue weighted by molar-refractivity contribution is -0.131. The topological polar surface area (TPSA) is 78.7 Å². The summed E-state index contributed by atoms with van der Waals surface area (Å²) in [5.74, 6) is -0.780. The first-order valence-electron chi connectivity index (χ1n) is 13.0. The summed E-state index contributed by atoms with van der Waals surface area (Å²) in [5.41, 5.74) is 4.00. The minimum Gasteiger partial charge on any atom is -0.455 e. The molecule has 0 spiro atoms. The zero-order valence-electron chi connectivity index (χ0n) is 22.5. The average Bonchev–Trinajstić information content (AvgIpc) is 3.35. The van der Waals surface area contributed by atoms with E-state index >= 15 is 0 Å². The number of furan rings is 1. The number of nitrogens with zero attached hydrogens (tertiary/aromatic N) is 3. The zero-order valence-corrected chi connectivity index (χ0v) is 23.4. The predicted octanol–water partition coefficient (Wildman–Crippen LogP) is 5.80. The Morgan fingerprint density at radius 3 is 2.58 bits per heavy atom. The summed E-state index contributed by atoms with van der Waals surface area (Å²) in [5, 5.41) is 3.37. The molecule has 1 atom stereocenters. The molecule has 208 valence electrons. The maximum absolute atomic E-state index is 13.6. The highest BCUT2D eigenvalue weighted by Crippen LogP contribution is 2.42. The lowest BCUT2D eigenvalue weighted by atomic mass is 9.88. The number of rotatable bonds is 7. The van der Waals surface area contributed by atoms with Crippen molar-refractivity contribution in [3.05, 3.63) is 83.2 Å². The number of piperidine rings is 1. The molecule has 10 heteroatoms. The van der Waals surface area contributed by atoms with E-state index in [1.165, 1.54) is 24.3 Å².